The number of aryl methyl sites for hydroxylation is 2. The van der Waals surface area contributed by atoms with Crippen LogP contribution >= 0.6 is 7.72 Å². The number of phenols is 1. The van der Waals surface area contributed by atoms with Gasteiger partial charge < -0.3 is 5.11 Å². The molecule has 0 heterocycles. The molecule has 2 aromatic rings. The summed E-state index contributed by atoms with van der Waals surface area (Å²) >= 11 is 0. The van der Waals surface area contributed by atoms with Gasteiger partial charge >= 0.3 is 13.2 Å². The van der Waals surface area contributed by atoms with E-state index in [4.69, 9.17) is 0 Å². The molecule has 0 aromatic heterocycles. The molecule has 4 nitrogen and oxygen atoms in total. The number of carbonyl (C=O) groups excluding carboxylic acids is 1. The molecule has 2 aromatic carbocycles. The van der Waals surface area contributed by atoms with Gasteiger partial charge in [0.15, 0.2) is 0 Å². The monoisotopic (exact) mass is 361 g/mol. The van der Waals surface area contributed by atoms with Gasteiger partial charge in [0.1, 0.15) is 12.4 Å². The molecule has 3 N–H and O–H groups in total. The van der Waals surface area contributed by atoms with Gasteiger partial charge in [-0.05, 0) is 72.2 Å². The maximum atomic E-state index is 12.1. The first kappa shape index (κ1) is 19.6. The zero-order valence-electron chi connectivity index (χ0n) is 15.4. The van der Waals surface area contributed by atoms with E-state index in [0.717, 1.165) is 27.8 Å². The molecule has 0 radical (unpaired) electrons. The van der Waals surface area contributed by atoms with Gasteiger partial charge in [-0.2, -0.15) is 0 Å². The van der Waals surface area contributed by atoms with E-state index in [-0.39, 0.29) is 5.92 Å². The Hall–Kier alpha value is -1.74. The van der Waals surface area contributed by atoms with E-state index >= 15 is 0 Å². The number of benzene rings is 2. The molecule has 0 saturated heterocycles. The second kappa shape index (κ2) is 7.25. The van der Waals surface area contributed by atoms with Crippen LogP contribution in [0.4, 0.5) is 0 Å². The lowest BCUT2D eigenvalue weighted by Crippen LogP contribution is -2.07. The molecule has 0 aliphatic rings. The molecular weight excluding hydrogens is 335 g/mol. The Morgan fingerprint density at radius 2 is 1.64 bits per heavy atom. The largest absolute Gasteiger partial charge is 0.508 e. The lowest BCUT2D eigenvalue weighted by Gasteiger charge is -2.15. The maximum Gasteiger partial charge on any atom is 0.356 e. The molecule has 0 amide bonds. The Bertz CT molecular complexity index is 781. The van der Waals surface area contributed by atoms with Gasteiger partial charge in [0.05, 0.1) is 5.56 Å². The average molecular weight is 361 g/mol. The average Bonchev–Trinajstić information content (AvgIpc) is 2.50. The van der Waals surface area contributed by atoms with E-state index in [2.05, 4.69) is 0 Å². The van der Waals surface area contributed by atoms with Gasteiger partial charge in [0.2, 0.25) is 0 Å². The van der Waals surface area contributed by atoms with Gasteiger partial charge in [-0.15, -0.1) is 0 Å². The van der Waals surface area contributed by atoms with E-state index in [1.165, 1.54) is 6.66 Å². The fraction of sp³-hybridized carbons (Fsp3) is 0.350. The highest BCUT2D eigenvalue weighted by molar-refractivity contribution is 7.81. The van der Waals surface area contributed by atoms with Crippen molar-refractivity contribution in [2.24, 2.45) is 0 Å². The van der Waals surface area contributed by atoms with E-state index in [1.807, 2.05) is 39.8 Å². The highest BCUT2D eigenvalue weighted by Crippen LogP contribution is 2.48. The van der Waals surface area contributed by atoms with Gasteiger partial charge in [0, 0.05) is 0 Å². The molecule has 0 atom stereocenters. The SMILES string of the molecule is Cc1cc(C(=O)[P+](C)(O)O)cc(C)c1Cc1ccc(O)c(C(C)C)c1. The van der Waals surface area contributed by atoms with Crippen molar-refractivity contribution in [3.8, 4) is 5.75 Å². The van der Waals surface area contributed by atoms with Gasteiger partial charge in [-0.3, -0.25) is 0 Å². The van der Waals surface area contributed by atoms with Crippen LogP contribution in [0, 0.1) is 13.8 Å². The zero-order valence-corrected chi connectivity index (χ0v) is 16.3. The van der Waals surface area contributed by atoms with E-state index in [9.17, 15) is 19.7 Å². The first-order chi connectivity index (χ1) is 11.5. The Kier molecular flexibility index (Phi) is 5.68. The van der Waals surface area contributed by atoms with Gasteiger partial charge in [-0.1, -0.05) is 26.0 Å². The van der Waals surface area contributed by atoms with Crippen molar-refractivity contribution in [3.05, 3.63) is 63.7 Å². The predicted octanol–water partition coefficient (Wildman–Crippen LogP) is 4.33. The van der Waals surface area contributed by atoms with Crippen LogP contribution in [0.15, 0.2) is 30.3 Å². The molecule has 0 fully saturated rings. The lowest BCUT2D eigenvalue weighted by molar-refractivity contribution is 0.105. The van der Waals surface area contributed by atoms with Crippen LogP contribution in [-0.4, -0.2) is 27.1 Å². The van der Waals surface area contributed by atoms with Gasteiger partial charge in [-0.25, -0.2) is 14.6 Å². The smallest absolute Gasteiger partial charge is 0.356 e. The lowest BCUT2D eigenvalue weighted by atomic mass is 9.92. The molecular formula is C20H26O4P+. The third-order valence-electron chi connectivity index (χ3n) is 4.42. The summed E-state index contributed by atoms with van der Waals surface area (Å²) in [5.74, 6) is 0.542. The summed E-state index contributed by atoms with van der Waals surface area (Å²) in [4.78, 5) is 31.4. The molecule has 0 spiro atoms. The van der Waals surface area contributed by atoms with Crippen LogP contribution in [0.3, 0.4) is 0 Å². The Morgan fingerprint density at radius 3 is 2.12 bits per heavy atom. The summed E-state index contributed by atoms with van der Waals surface area (Å²) in [6.45, 7) is 9.11. The minimum absolute atomic E-state index is 0.234. The standard InChI is InChI=1S/C20H25O4P/c1-12(2)17-10-15(6-7-19(17)21)11-18-13(3)8-16(9-14(18)4)20(22)25(5,23)24/h6-10,12,23-24H,11H2,1-5H3/p+1. The third kappa shape index (κ3) is 4.46. The zero-order chi connectivity index (χ0) is 18.9. The van der Waals surface area contributed by atoms with Crippen LogP contribution in [0.5, 0.6) is 5.75 Å². The van der Waals surface area contributed by atoms with E-state index in [0.29, 0.717) is 17.7 Å². The first-order valence-electron chi connectivity index (χ1n) is 8.29. The topological polar surface area (TPSA) is 77.8 Å². The van der Waals surface area contributed by atoms with Crippen LogP contribution < -0.4 is 0 Å². The van der Waals surface area contributed by atoms with Crippen LogP contribution in [0.25, 0.3) is 0 Å². The number of aromatic hydroxyl groups is 1. The van der Waals surface area contributed by atoms with Crippen molar-refractivity contribution < 1.29 is 19.7 Å². The molecule has 0 unspecified atom stereocenters. The molecule has 5 heteroatoms. The summed E-state index contributed by atoms with van der Waals surface area (Å²) in [5.41, 5.74) is 4.74. The van der Waals surface area contributed by atoms with Gasteiger partial charge in [0.25, 0.3) is 0 Å². The molecule has 25 heavy (non-hydrogen) atoms. The quantitative estimate of drug-likeness (QED) is 0.693. The van der Waals surface area contributed by atoms with Crippen LogP contribution in [0.2, 0.25) is 0 Å². The van der Waals surface area contributed by atoms with Crippen molar-refractivity contribution in [1.29, 1.82) is 0 Å². The molecule has 0 aliphatic heterocycles. The number of hydrogen-bond donors (Lipinski definition) is 3. The van der Waals surface area contributed by atoms with E-state index < -0.39 is 13.2 Å². The fourth-order valence-electron chi connectivity index (χ4n) is 3.02. The van der Waals surface area contributed by atoms with Crippen molar-refractivity contribution in [1.82, 2.24) is 0 Å². The Labute approximate surface area is 149 Å². The number of phenolic OH excluding ortho intramolecular Hbond substituents is 1. The normalized spacial score (nSPS) is 11.8. The second-order valence-electron chi connectivity index (χ2n) is 7.03. The molecule has 0 aliphatic carbocycles. The Balaban J connectivity index is 2.39. The molecule has 2 rings (SSSR count). The molecule has 0 bridgehead atoms. The maximum absolute atomic E-state index is 12.1. The summed E-state index contributed by atoms with van der Waals surface area (Å²) in [6, 6.07) is 9.09. The molecule has 0 saturated carbocycles. The highest BCUT2D eigenvalue weighted by Gasteiger charge is 2.38. The summed E-state index contributed by atoms with van der Waals surface area (Å²) < 4.78 is 0. The van der Waals surface area contributed by atoms with Crippen molar-refractivity contribution in [2.75, 3.05) is 6.66 Å². The van der Waals surface area contributed by atoms with Crippen molar-refractivity contribution in [3.63, 3.8) is 0 Å². The minimum atomic E-state index is -3.54. The summed E-state index contributed by atoms with van der Waals surface area (Å²) in [5, 5.41) is 9.97. The van der Waals surface area contributed by atoms with E-state index in [1.54, 1.807) is 18.2 Å². The summed E-state index contributed by atoms with van der Waals surface area (Å²) in [7, 11) is -3.54. The third-order valence-corrected chi connectivity index (χ3v) is 5.45. The number of carbonyl (C=O) groups is 1. The minimum Gasteiger partial charge on any atom is -0.508 e. The number of hydrogen-bond acceptors (Lipinski definition) is 4. The van der Waals surface area contributed by atoms with Crippen LogP contribution in [0.1, 0.15) is 57.9 Å². The van der Waals surface area contributed by atoms with Crippen molar-refractivity contribution >= 4 is 13.2 Å². The predicted molar refractivity (Wildman–Crippen MR) is 103 cm³/mol. The molecule has 134 valence electrons. The fourth-order valence-corrected chi connectivity index (χ4v) is 3.64. The van der Waals surface area contributed by atoms with Crippen LogP contribution in [-0.2, 0) is 6.42 Å². The highest BCUT2D eigenvalue weighted by atomic mass is 31.2. The summed E-state index contributed by atoms with van der Waals surface area (Å²) in [6.07, 6.45) is 0.691. The Morgan fingerprint density at radius 1 is 1.08 bits per heavy atom. The first-order valence-corrected chi connectivity index (χ1v) is 10.4. The second-order valence-corrected chi connectivity index (χ2v) is 9.26. The number of rotatable bonds is 5. The van der Waals surface area contributed by atoms with Crippen molar-refractivity contribution in [2.45, 2.75) is 40.0 Å².